The van der Waals surface area contributed by atoms with E-state index in [0.29, 0.717) is 68.4 Å². The first-order valence-corrected chi connectivity index (χ1v) is 11.7. The van der Waals surface area contributed by atoms with Gasteiger partial charge in [0, 0.05) is 37.8 Å². The highest BCUT2D eigenvalue weighted by atomic mass is 19.1. The molecule has 2 bridgehead atoms. The number of carbonyl (C=O) groups is 2. The summed E-state index contributed by atoms with van der Waals surface area (Å²) < 4.78 is 15.4. The molecule has 0 unspecified atom stereocenters. The maximum absolute atomic E-state index is 13.8. The van der Waals surface area contributed by atoms with Crippen LogP contribution in [0.5, 0.6) is 0 Å². The van der Waals surface area contributed by atoms with E-state index in [1.807, 2.05) is 4.90 Å². The van der Waals surface area contributed by atoms with Gasteiger partial charge in [0.25, 0.3) is 5.91 Å². The third kappa shape index (κ3) is 2.77. The second kappa shape index (κ2) is 6.76. The molecular weight excluding hydrogens is 411 g/mol. The quantitative estimate of drug-likeness (QED) is 0.778. The average molecular weight is 441 g/mol. The van der Waals surface area contributed by atoms with E-state index in [2.05, 4.69) is 4.98 Å². The minimum atomic E-state index is -0.487. The van der Waals surface area contributed by atoms with Crippen LogP contribution in [-0.2, 0) is 4.79 Å². The Bertz CT molecular complexity index is 1100. The maximum atomic E-state index is 13.8. The van der Waals surface area contributed by atoms with Gasteiger partial charge >= 0.3 is 0 Å². The molecule has 5 fully saturated rings. The van der Waals surface area contributed by atoms with Gasteiger partial charge in [-0.1, -0.05) is 0 Å². The number of aliphatic hydroxyl groups excluding tert-OH is 1. The molecule has 3 aliphatic carbocycles. The highest BCUT2D eigenvalue weighted by Crippen LogP contribution is 2.65. The van der Waals surface area contributed by atoms with Crippen molar-refractivity contribution >= 4 is 17.5 Å². The summed E-state index contributed by atoms with van der Waals surface area (Å²) >= 11 is 0. The van der Waals surface area contributed by atoms with Crippen molar-refractivity contribution in [2.75, 3.05) is 26.2 Å². The molecule has 7 nitrogen and oxygen atoms in total. The van der Waals surface area contributed by atoms with E-state index >= 15 is 0 Å². The number of piperidine rings is 2. The van der Waals surface area contributed by atoms with Crippen molar-refractivity contribution in [3.63, 3.8) is 0 Å². The Morgan fingerprint density at radius 3 is 2.50 bits per heavy atom. The lowest BCUT2D eigenvalue weighted by atomic mass is 9.44. The number of amides is 2. The van der Waals surface area contributed by atoms with Crippen LogP contribution in [0.4, 0.5) is 4.39 Å². The van der Waals surface area contributed by atoms with E-state index in [1.165, 1.54) is 16.7 Å². The SMILES string of the molecule is Cc1nc2ccc(F)cn2c1C(=O)N1CC[C@H](O)C2(CCN(C(=O)C34CC(C3)C4)CC2)C1. The number of hydrogen-bond acceptors (Lipinski definition) is 4. The number of hydrogen-bond donors (Lipinski definition) is 1. The van der Waals surface area contributed by atoms with Gasteiger partial charge in [-0.25, -0.2) is 9.37 Å². The first-order chi connectivity index (χ1) is 15.3. The van der Waals surface area contributed by atoms with Crippen LogP contribution in [0.15, 0.2) is 18.3 Å². The molecule has 2 aromatic rings. The summed E-state index contributed by atoms with van der Waals surface area (Å²) in [5.74, 6) is 0.470. The number of likely N-dealkylation sites (tertiary alicyclic amines) is 2. The zero-order valence-corrected chi connectivity index (χ0v) is 18.4. The van der Waals surface area contributed by atoms with Crippen molar-refractivity contribution in [3.05, 3.63) is 35.5 Å². The second-order valence-corrected chi connectivity index (χ2v) is 10.6. The van der Waals surface area contributed by atoms with E-state index < -0.39 is 17.3 Å². The Hall–Kier alpha value is -2.48. The average Bonchev–Trinajstić information content (AvgIpc) is 3.02. The highest BCUT2D eigenvalue weighted by molar-refractivity contribution is 5.95. The van der Waals surface area contributed by atoms with Crippen LogP contribution in [0.25, 0.3) is 5.65 Å². The Morgan fingerprint density at radius 1 is 1.12 bits per heavy atom. The molecule has 0 aromatic carbocycles. The number of aliphatic hydroxyl groups is 1. The van der Waals surface area contributed by atoms with Gasteiger partial charge in [-0.3, -0.25) is 14.0 Å². The van der Waals surface area contributed by atoms with Gasteiger partial charge in [0.1, 0.15) is 17.2 Å². The zero-order chi connectivity index (χ0) is 22.3. The van der Waals surface area contributed by atoms with Gasteiger partial charge in [0.15, 0.2) is 0 Å². The van der Waals surface area contributed by atoms with E-state index in [9.17, 15) is 19.1 Å². The summed E-state index contributed by atoms with van der Waals surface area (Å²) in [6, 6.07) is 2.91. The van der Waals surface area contributed by atoms with Crippen molar-refractivity contribution in [3.8, 4) is 0 Å². The lowest BCUT2D eigenvalue weighted by Gasteiger charge is -2.62. The predicted octanol–water partition coefficient (Wildman–Crippen LogP) is 2.40. The Kier molecular flexibility index (Phi) is 4.26. The minimum absolute atomic E-state index is 0.0712. The largest absolute Gasteiger partial charge is 0.392 e. The summed E-state index contributed by atoms with van der Waals surface area (Å²) in [6.45, 7) is 3.96. The monoisotopic (exact) mass is 440 g/mol. The molecule has 170 valence electrons. The molecule has 5 aliphatic rings. The van der Waals surface area contributed by atoms with E-state index in [1.54, 1.807) is 17.9 Å². The number of aromatic nitrogens is 2. The molecule has 4 heterocycles. The molecule has 1 atom stereocenters. The molecule has 2 amide bonds. The molecular formula is C24H29FN4O3. The van der Waals surface area contributed by atoms with Gasteiger partial charge in [0.2, 0.25) is 5.91 Å². The first kappa shape index (κ1) is 20.1. The lowest BCUT2D eigenvalue weighted by Crippen LogP contribution is -2.64. The highest BCUT2D eigenvalue weighted by Gasteiger charge is 2.62. The van der Waals surface area contributed by atoms with Crippen molar-refractivity contribution < 1.29 is 19.1 Å². The smallest absolute Gasteiger partial charge is 0.272 e. The first-order valence-electron chi connectivity index (χ1n) is 11.7. The van der Waals surface area contributed by atoms with Crippen LogP contribution in [-0.4, -0.2) is 68.4 Å². The fourth-order valence-electron chi connectivity index (χ4n) is 6.59. The Balaban J connectivity index is 1.20. The van der Waals surface area contributed by atoms with Gasteiger partial charge in [-0.2, -0.15) is 0 Å². The minimum Gasteiger partial charge on any atom is -0.392 e. The Labute approximate surface area is 186 Å². The third-order valence-electron chi connectivity index (χ3n) is 8.67. The summed E-state index contributed by atoms with van der Waals surface area (Å²) in [7, 11) is 0. The van der Waals surface area contributed by atoms with Gasteiger partial charge in [-0.15, -0.1) is 0 Å². The van der Waals surface area contributed by atoms with Gasteiger partial charge in [-0.05, 0) is 63.5 Å². The number of imidazole rings is 1. The fraction of sp³-hybridized carbons (Fsp3) is 0.625. The fourth-order valence-corrected chi connectivity index (χ4v) is 6.59. The lowest BCUT2D eigenvalue weighted by molar-refractivity contribution is -0.181. The van der Waals surface area contributed by atoms with Crippen LogP contribution in [0.3, 0.4) is 0 Å². The topological polar surface area (TPSA) is 78.2 Å². The number of pyridine rings is 1. The molecule has 2 aliphatic heterocycles. The Morgan fingerprint density at radius 2 is 1.84 bits per heavy atom. The number of aryl methyl sites for hydroxylation is 1. The van der Waals surface area contributed by atoms with Crippen LogP contribution in [0.2, 0.25) is 0 Å². The molecule has 3 saturated carbocycles. The summed E-state index contributed by atoms with van der Waals surface area (Å²) in [5.41, 5.74) is 1.02. The molecule has 32 heavy (non-hydrogen) atoms. The summed E-state index contributed by atoms with van der Waals surface area (Å²) in [4.78, 5) is 34.7. The van der Waals surface area contributed by atoms with Crippen molar-refractivity contribution in [2.24, 2.45) is 16.7 Å². The molecule has 8 heteroatoms. The number of fused-ring (bicyclic) bond motifs is 1. The van der Waals surface area contributed by atoms with Gasteiger partial charge < -0.3 is 14.9 Å². The normalized spacial score (nSPS) is 30.8. The number of carbonyl (C=O) groups excluding carboxylic acids is 2. The third-order valence-corrected chi connectivity index (χ3v) is 8.67. The van der Waals surface area contributed by atoms with Crippen LogP contribution in [0.1, 0.15) is 54.7 Å². The van der Waals surface area contributed by atoms with Crippen LogP contribution >= 0.6 is 0 Å². The summed E-state index contributed by atoms with van der Waals surface area (Å²) in [5, 5.41) is 10.9. The van der Waals surface area contributed by atoms with Crippen molar-refractivity contribution in [1.29, 1.82) is 0 Å². The van der Waals surface area contributed by atoms with E-state index in [-0.39, 0.29) is 11.3 Å². The van der Waals surface area contributed by atoms with E-state index in [4.69, 9.17) is 0 Å². The predicted molar refractivity (Wildman–Crippen MR) is 114 cm³/mol. The van der Waals surface area contributed by atoms with Crippen molar-refractivity contribution in [2.45, 2.75) is 51.6 Å². The second-order valence-electron chi connectivity index (χ2n) is 10.6. The van der Waals surface area contributed by atoms with Crippen molar-refractivity contribution in [1.82, 2.24) is 19.2 Å². The van der Waals surface area contributed by atoms with E-state index in [0.717, 1.165) is 25.2 Å². The molecule has 1 spiro atoms. The standard InChI is InChI=1S/C24H29FN4O3/c1-15-20(29-13-17(25)2-3-19(29)26-15)21(31)28-7-4-18(30)23(14-28)5-8-27(9-6-23)22(32)24-10-16(11-24)12-24/h2-3,13,16,18,30H,4-12,14H2,1H3/t16?,18-,24?/m0/s1. The molecule has 0 radical (unpaired) electrons. The van der Waals surface area contributed by atoms with Crippen LogP contribution in [0, 0.1) is 29.5 Å². The van der Waals surface area contributed by atoms with Crippen LogP contribution < -0.4 is 0 Å². The zero-order valence-electron chi connectivity index (χ0n) is 18.4. The molecule has 1 N–H and O–H groups in total. The molecule has 7 rings (SSSR count). The summed E-state index contributed by atoms with van der Waals surface area (Å²) in [6.07, 6.45) is 5.88. The number of nitrogens with zero attached hydrogens (tertiary/aromatic N) is 4. The number of rotatable bonds is 2. The molecule has 2 aromatic heterocycles. The molecule has 2 saturated heterocycles. The van der Waals surface area contributed by atoms with Gasteiger partial charge in [0.05, 0.1) is 17.2 Å². The number of halogens is 1. The maximum Gasteiger partial charge on any atom is 0.272 e.